The smallest absolute Gasteiger partial charge is 0.319 e. The van der Waals surface area contributed by atoms with E-state index in [4.69, 9.17) is 0 Å². The minimum absolute atomic E-state index is 0.196. The second-order valence-corrected chi connectivity index (χ2v) is 8.73. The van der Waals surface area contributed by atoms with Crippen LogP contribution < -0.4 is 21.3 Å². The topological polar surface area (TPSA) is 120 Å². The first kappa shape index (κ1) is 22.1. The van der Waals surface area contributed by atoms with Gasteiger partial charge in [-0.2, -0.15) is 0 Å². The van der Waals surface area contributed by atoms with Gasteiger partial charge in [0.1, 0.15) is 6.04 Å². The summed E-state index contributed by atoms with van der Waals surface area (Å²) in [6.07, 6.45) is 0.565. The van der Waals surface area contributed by atoms with Gasteiger partial charge in [0.05, 0.1) is 0 Å². The summed E-state index contributed by atoms with van der Waals surface area (Å²) >= 11 is 2.16. The molecule has 9 nitrogen and oxygen atoms in total. The zero-order valence-corrected chi connectivity index (χ0v) is 19.3. The fourth-order valence-corrected chi connectivity index (χ4v) is 4.45. The van der Waals surface area contributed by atoms with Crippen molar-refractivity contribution in [3.8, 4) is 0 Å². The number of anilines is 2. The number of halogens is 1. The number of nitrogens with one attached hydrogen (secondary N) is 4. The lowest BCUT2D eigenvalue weighted by molar-refractivity contribution is -0.136. The van der Waals surface area contributed by atoms with Crippen molar-refractivity contribution in [1.29, 1.82) is 0 Å². The number of benzene rings is 2. The van der Waals surface area contributed by atoms with Gasteiger partial charge in [-0.05, 0) is 58.8 Å². The van der Waals surface area contributed by atoms with Gasteiger partial charge in [0.15, 0.2) is 0 Å². The van der Waals surface area contributed by atoms with Gasteiger partial charge in [0.2, 0.25) is 11.8 Å². The molecule has 0 aromatic heterocycles. The number of para-hydroxylation sites is 1. The van der Waals surface area contributed by atoms with Crippen LogP contribution in [0.1, 0.15) is 28.8 Å². The molecule has 0 bridgehead atoms. The summed E-state index contributed by atoms with van der Waals surface area (Å²) in [5, 5.41) is 11.1. The van der Waals surface area contributed by atoms with Gasteiger partial charge in [-0.25, -0.2) is 4.79 Å². The first-order valence-electron chi connectivity index (χ1n) is 10.2. The zero-order valence-electron chi connectivity index (χ0n) is 17.1. The third-order valence-electron chi connectivity index (χ3n) is 5.37. The number of amides is 5. The Labute approximate surface area is 198 Å². The summed E-state index contributed by atoms with van der Waals surface area (Å²) in [6, 6.07) is 12.0. The third kappa shape index (κ3) is 4.85. The second kappa shape index (κ2) is 9.55. The summed E-state index contributed by atoms with van der Waals surface area (Å²) < 4.78 is 0.869. The number of fused-ring (bicyclic) bond motifs is 1. The van der Waals surface area contributed by atoms with Crippen LogP contribution in [0.15, 0.2) is 42.5 Å². The molecule has 2 aromatic rings. The molecule has 5 amide bonds. The molecule has 10 heteroatoms. The van der Waals surface area contributed by atoms with Crippen LogP contribution in [0.5, 0.6) is 0 Å². The van der Waals surface area contributed by atoms with Gasteiger partial charge in [-0.15, -0.1) is 0 Å². The molecule has 0 radical (unpaired) electrons. The fraction of sp³-hybridized carbons (Fsp3) is 0.273. The summed E-state index contributed by atoms with van der Waals surface area (Å²) in [4.78, 5) is 49.9. The Morgan fingerprint density at radius 1 is 1.12 bits per heavy atom. The molecular formula is C22H22IN5O4. The van der Waals surface area contributed by atoms with E-state index in [9.17, 15) is 19.2 Å². The monoisotopic (exact) mass is 547 g/mol. The Morgan fingerprint density at radius 2 is 1.91 bits per heavy atom. The number of carbonyl (C=O) groups excluding carboxylic acids is 4. The van der Waals surface area contributed by atoms with Gasteiger partial charge in [0, 0.05) is 46.6 Å². The molecule has 1 fully saturated rings. The van der Waals surface area contributed by atoms with Crippen molar-refractivity contribution in [2.45, 2.75) is 25.4 Å². The maximum Gasteiger partial charge on any atom is 0.319 e. The Bertz CT molecular complexity index is 1080. The van der Waals surface area contributed by atoms with E-state index in [0.717, 1.165) is 20.5 Å². The molecule has 0 aliphatic carbocycles. The number of urea groups is 1. The van der Waals surface area contributed by atoms with Crippen molar-refractivity contribution in [3.63, 3.8) is 0 Å². The molecule has 1 saturated heterocycles. The highest BCUT2D eigenvalue weighted by molar-refractivity contribution is 14.1. The van der Waals surface area contributed by atoms with Gasteiger partial charge in [-0.3, -0.25) is 19.7 Å². The van der Waals surface area contributed by atoms with E-state index in [1.54, 1.807) is 0 Å². The number of carbonyl (C=O) groups is 4. The van der Waals surface area contributed by atoms with Crippen LogP contribution in [-0.4, -0.2) is 47.8 Å². The summed E-state index contributed by atoms with van der Waals surface area (Å²) in [6.45, 7) is 1.23. The van der Waals surface area contributed by atoms with Crippen molar-refractivity contribution in [2.24, 2.45) is 0 Å². The molecule has 32 heavy (non-hydrogen) atoms. The Hall–Kier alpha value is -3.15. The van der Waals surface area contributed by atoms with Crippen LogP contribution in [0.3, 0.4) is 0 Å². The van der Waals surface area contributed by atoms with Crippen LogP contribution in [0.25, 0.3) is 0 Å². The summed E-state index contributed by atoms with van der Waals surface area (Å²) in [7, 11) is 0. The number of rotatable bonds is 6. The first-order chi connectivity index (χ1) is 15.4. The second-order valence-electron chi connectivity index (χ2n) is 7.56. The number of imide groups is 1. The van der Waals surface area contributed by atoms with E-state index in [0.29, 0.717) is 31.6 Å². The third-order valence-corrected chi connectivity index (χ3v) is 6.26. The molecule has 0 saturated carbocycles. The number of hydrogen-bond acceptors (Lipinski definition) is 5. The van der Waals surface area contributed by atoms with E-state index in [2.05, 4.69) is 43.9 Å². The maximum absolute atomic E-state index is 12.9. The van der Waals surface area contributed by atoms with Crippen molar-refractivity contribution < 1.29 is 19.2 Å². The van der Waals surface area contributed by atoms with Crippen molar-refractivity contribution in [1.82, 2.24) is 15.5 Å². The number of nitrogens with zero attached hydrogens (tertiary/aromatic N) is 1. The summed E-state index contributed by atoms with van der Waals surface area (Å²) in [5.41, 5.74) is 2.98. The predicted molar refractivity (Wildman–Crippen MR) is 127 cm³/mol. The van der Waals surface area contributed by atoms with Crippen molar-refractivity contribution in [2.75, 3.05) is 23.7 Å². The van der Waals surface area contributed by atoms with Crippen molar-refractivity contribution >= 4 is 57.7 Å². The lowest BCUT2D eigenvalue weighted by Gasteiger charge is -2.29. The normalized spacial score (nSPS) is 17.6. The Kier molecular flexibility index (Phi) is 6.58. The van der Waals surface area contributed by atoms with Gasteiger partial charge in [-0.1, -0.05) is 18.2 Å². The van der Waals surface area contributed by atoms with Crippen LogP contribution in [0.4, 0.5) is 16.2 Å². The van der Waals surface area contributed by atoms with E-state index in [1.807, 2.05) is 42.5 Å². The van der Waals surface area contributed by atoms with E-state index < -0.39 is 11.9 Å². The zero-order chi connectivity index (χ0) is 22.7. The Balaban J connectivity index is 1.32. The molecule has 0 spiro atoms. The minimum atomic E-state index is -0.631. The highest BCUT2D eigenvalue weighted by Crippen LogP contribution is 2.32. The molecular weight excluding hydrogens is 525 g/mol. The average molecular weight is 547 g/mol. The van der Waals surface area contributed by atoms with Gasteiger partial charge >= 0.3 is 6.03 Å². The standard InChI is InChI=1S/C22H22IN5O4/c23-16-11-15-13(12-28(21(15)31)18-6-7-19(29)27-20(18)30)10-17(16)24-8-9-25-22(32)26-14-4-2-1-3-5-14/h1-5,10-11,18,24H,6-9,12H2,(H2,25,26,32)(H,27,29,30). The number of hydrogen-bond donors (Lipinski definition) is 4. The molecule has 1 unspecified atom stereocenters. The largest absolute Gasteiger partial charge is 0.382 e. The quantitative estimate of drug-likeness (QED) is 0.252. The molecule has 166 valence electrons. The maximum atomic E-state index is 12.9. The number of piperidine rings is 1. The predicted octanol–water partition coefficient (Wildman–Crippen LogP) is 2.29. The van der Waals surface area contributed by atoms with Crippen LogP contribution in [0, 0.1) is 3.57 Å². The van der Waals surface area contributed by atoms with Gasteiger partial charge in [0.25, 0.3) is 5.91 Å². The molecule has 2 aromatic carbocycles. The summed E-state index contributed by atoms with van der Waals surface area (Å²) in [5.74, 6) is -0.920. The average Bonchev–Trinajstić information content (AvgIpc) is 3.07. The van der Waals surface area contributed by atoms with Crippen LogP contribution >= 0.6 is 22.6 Å². The van der Waals surface area contributed by atoms with E-state index in [-0.39, 0.29) is 24.3 Å². The molecule has 2 aliphatic heterocycles. The molecule has 4 N–H and O–H groups in total. The van der Waals surface area contributed by atoms with Crippen molar-refractivity contribution in [3.05, 3.63) is 57.2 Å². The van der Waals surface area contributed by atoms with E-state index >= 15 is 0 Å². The Morgan fingerprint density at radius 3 is 2.66 bits per heavy atom. The van der Waals surface area contributed by atoms with Gasteiger partial charge < -0.3 is 20.9 Å². The molecule has 1 atom stereocenters. The lowest BCUT2D eigenvalue weighted by Crippen LogP contribution is -2.52. The van der Waals surface area contributed by atoms with E-state index in [1.165, 1.54) is 4.90 Å². The minimum Gasteiger partial charge on any atom is -0.382 e. The fourth-order valence-electron chi connectivity index (χ4n) is 3.79. The molecule has 2 heterocycles. The molecule has 2 aliphatic rings. The van der Waals surface area contributed by atoms with Crippen LogP contribution in [-0.2, 0) is 16.1 Å². The van der Waals surface area contributed by atoms with Crippen LogP contribution in [0.2, 0.25) is 0 Å². The highest BCUT2D eigenvalue weighted by Gasteiger charge is 2.39. The molecule has 4 rings (SSSR count). The first-order valence-corrected chi connectivity index (χ1v) is 11.3. The lowest BCUT2D eigenvalue weighted by atomic mass is 10.0. The highest BCUT2D eigenvalue weighted by atomic mass is 127. The SMILES string of the molecule is O=C1CCC(N2Cc3cc(NCCNC(=O)Nc4ccccc4)c(I)cc3C2=O)C(=O)N1.